The van der Waals surface area contributed by atoms with E-state index in [0.29, 0.717) is 6.67 Å². The van der Waals surface area contributed by atoms with Gasteiger partial charge in [-0.2, -0.15) is 0 Å². The fourth-order valence-electron chi connectivity index (χ4n) is 0.847. The van der Waals surface area contributed by atoms with E-state index in [0.717, 1.165) is 0 Å². The third kappa shape index (κ3) is 2.38. The van der Waals surface area contributed by atoms with Crippen LogP contribution in [0.4, 0.5) is 4.79 Å². The molecule has 0 saturated carbocycles. The van der Waals surface area contributed by atoms with E-state index in [1.165, 1.54) is 4.90 Å². The molecule has 0 aromatic carbocycles. The molecule has 0 radical (unpaired) electrons. The molecule has 66 valence electrons. The molecular weight excluding hydrogens is 154 g/mol. The van der Waals surface area contributed by atoms with Crippen LogP contribution in [0, 0.1) is 0 Å². The highest BCUT2D eigenvalue weighted by Gasteiger charge is 2.10. The van der Waals surface area contributed by atoms with Crippen molar-refractivity contribution in [1.82, 2.24) is 10.2 Å². The lowest BCUT2D eigenvalue weighted by Gasteiger charge is -2.19. The van der Waals surface area contributed by atoms with Gasteiger partial charge in [0, 0.05) is 18.5 Å². The molecule has 1 rings (SSSR count). The van der Waals surface area contributed by atoms with Crippen molar-refractivity contribution < 1.29 is 4.79 Å². The highest BCUT2D eigenvalue weighted by molar-refractivity contribution is 5.79. The number of hydrogen-bond acceptors (Lipinski definition) is 2. The summed E-state index contributed by atoms with van der Waals surface area (Å²) in [6.07, 6.45) is 5.13. The highest BCUT2D eigenvalue weighted by atomic mass is 16.2. The molecule has 0 unspecified atom stereocenters. The fourth-order valence-corrected chi connectivity index (χ4v) is 0.847. The summed E-state index contributed by atoms with van der Waals surface area (Å²) in [6, 6.07) is 0.0647. The summed E-state index contributed by atoms with van der Waals surface area (Å²) in [4.78, 5) is 16.8. The molecule has 0 saturated heterocycles. The van der Waals surface area contributed by atoms with Gasteiger partial charge in [0.05, 0.1) is 0 Å². The Kier molecular flexibility index (Phi) is 2.85. The molecule has 12 heavy (non-hydrogen) atoms. The first kappa shape index (κ1) is 8.77. The summed E-state index contributed by atoms with van der Waals surface area (Å²) in [7, 11) is 0. The molecule has 1 aliphatic heterocycles. The quantitative estimate of drug-likeness (QED) is 0.621. The lowest BCUT2D eigenvalue weighted by Crippen LogP contribution is -2.40. The lowest BCUT2D eigenvalue weighted by molar-refractivity contribution is 0.213. The molecule has 0 aromatic heterocycles. The second-order valence-corrected chi connectivity index (χ2v) is 2.89. The zero-order chi connectivity index (χ0) is 8.97. The van der Waals surface area contributed by atoms with Crippen LogP contribution in [0.5, 0.6) is 0 Å². The number of nitrogens with zero attached hydrogens (tertiary/aromatic N) is 2. The summed E-state index contributed by atoms with van der Waals surface area (Å²) >= 11 is 0. The van der Waals surface area contributed by atoms with Gasteiger partial charge in [0.25, 0.3) is 0 Å². The molecular formula is C8H13N3O. The van der Waals surface area contributed by atoms with Gasteiger partial charge in [0.1, 0.15) is 6.67 Å². The van der Waals surface area contributed by atoms with Gasteiger partial charge in [0.2, 0.25) is 0 Å². The number of urea groups is 1. The Labute approximate surface area is 72.0 Å². The van der Waals surface area contributed by atoms with Gasteiger partial charge in [-0.25, -0.2) is 4.79 Å². The van der Waals surface area contributed by atoms with Crippen molar-refractivity contribution in [2.24, 2.45) is 4.99 Å². The van der Waals surface area contributed by atoms with Gasteiger partial charge in [-0.05, 0) is 19.9 Å². The van der Waals surface area contributed by atoms with Crippen LogP contribution < -0.4 is 5.32 Å². The summed E-state index contributed by atoms with van der Waals surface area (Å²) < 4.78 is 0. The van der Waals surface area contributed by atoms with E-state index in [1.54, 1.807) is 18.5 Å². The van der Waals surface area contributed by atoms with E-state index >= 15 is 0 Å². The van der Waals surface area contributed by atoms with Gasteiger partial charge < -0.3 is 5.32 Å². The third-order valence-corrected chi connectivity index (χ3v) is 1.36. The Bertz CT molecular complexity index is 220. The number of nitrogens with one attached hydrogen (secondary N) is 1. The van der Waals surface area contributed by atoms with E-state index in [4.69, 9.17) is 0 Å². The number of carbonyl (C=O) groups is 1. The number of hydrogen-bond donors (Lipinski definition) is 1. The van der Waals surface area contributed by atoms with E-state index in [1.807, 2.05) is 13.8 Å². The molecule has 0 fully saturated rings. The number of rotatable bonds is 1. The normalized spacial score (nSPS) is 15.4. The van der Waals surface area contributed by atoms with Gasteiger partial charge in [-0.1, -0.05) is 0 Å². The molecule has 1 heterocycles. The van der Waals surface area contributed by atoms with Crippen LogP contribution in [0.2, 0.25) is 0 Å². The van der Waals surface area contributed by atoms with E-state index in [9.17, 15) is 4.79 Å². The Balaban J connectivity index is 2.42. The topological polar surface area (TPSA) is 44.7 Å². The molecule has 0 bridgehead atoms. The first-order valence-corrected chi connectivity index (χ1v) is 3.94. The summed E-state index contributed by atoms with van der Waals surface area (Å²) in [5.74, 6) is 0. The van der Waals surface area contributed by atoms with Crippen LogP contribution in [0.1, 0.15) is 13.8 Å². The fraction of sp³-hybridized carbons (Fsp3) is 0.500. The zero-order valence-corrected chi connectivity index (χ0v) is 7.32. The molecule has 0 aliphatic carbocycles. The minimum Gasteiger partial charge on any atom is -0.335 e. The maximum Gasteiger partial charge on any atom is 0.323 e. The summed E-state index contributed by atoms with van der Waals surface area (Å²) in [5, 5.41) is 2.77. The molecule has 4 heteroatoms. The standard InChI is InChI=1S/C8H13N3O/c1-7(2)10-8(12)11-5-3-4-9-6-11/h3-5,7H,6H2,1-2H3,(H,10,12). The van der Waals surface area contributed by atoms with Crippen LogP contribution in [-0.4, -0.2) is 29.9 Å². The summed E-state index contributed by atoms with van der Waals surface area (Å²) in [5.41, 5.74) is 0. The highest BCUT2D eigenvalue weighted by Crippen LogP contribution is 1.96. The third-order valence-electron chi connectivity index (χ3n) is 1.36. The van der Waals surface area contributed by atoms with Crippen molar-refractivity contribution in [3.8, 4) is 0 Å². The Morgan fingerprint density at radius 2 is 2.42 bits per heavy atom. The van der Waals surface area contributed by atoms with Crippen LogP contribution in [0.15, 0.2) is 17.3 Å². The number of amides is 2. The van der Waals surface area contributed by atoms with Gasteiger partial charge in [0.15, 0.2) is 0 Å². The second kappa shape index (κ2) is 3.90. The Morgan fingerprint density at radius 1 is 1.67 bits per heavy atom. The Hall–Kier alpha value is -1.32. The first-order chi connectivity index (χ1) is 5.70. The second-order valence-electron chi connectivity index (χ2n) is 2.89. The average molecular weight is 167 g/mol. The van der Waals surface area contributed by atoms with Crippen molar-refractivity contribution in [3.05, 3.63) is 12.3 Å². The van der Waals surface area contributed by atoms with Gasteiger partial charge in [-0.3, -0.25) is 9.89 Å². The summed E-state index contributed by atoms with van der Waals surface area (Å²) in [6.45, 7) is 4.26. The first-order valence-electron chi connectivity index (χ1n) is 3.94. The van der Waals surface area contributed by atoms with Crippen LogP contribution in [0.3, 0.4) is 0 Å². The minimum atomic E-state index is -0.0990. The number of allylic oxidation sites excluding steroid dienone is 1. The van der Waals surface area contributed by atoms with Crippen LogP contribution in [0.25, 0.3) is 0 Å². The molecule has 1 aliphatic rings. The monoisotopic (exact) mass is 167 g/mol. The zero-order valence-electron chi connectivity index (χ0n) is 7.32. The molecule has 0 spiro atoms. The van der Waals surface area contributed by atoms with Gasteiger partial charge >= 0.3 is 6.03 Å². The maximum absolute atomic E-state index is 11.3. The molecule has 4 nitrogen and oxygen atoms in total. The van der Waals surface area contributed by atoms with E-state index < -0.39 is 0 Å². The largest absolute Gasteiger partial charge is 0.335 e. The van der Waals surface area contributed by atoms with Crippen LogP contribution in [-0.2, 0) is 0 Å². The van der Waals surface area contributed by atoms with E-state index in [-0.39, 0.29) is 12.1 Å². The molecule has 0 aromatic rings. The minimum absolute atomic E-state index is 0.0990. The van der Waals surface area contributed by atoms with Crippen molar-refractivity contribution in [2.75, 3.05) is 6.67 Å². The molecule has 0 atom stereocenters. The number of carbonyl (C=O) groups excluding carboxylic acids is 1. The lowest BCUT2D eigenvalue weighted by atomic mass is 10.4. The molecule has 1 N–H and O–H groups in total. The Morgan fingerprint density at radius 3 is 2.92 bits per heavy atom. The van der Waals surface area contributed by atoms with Crippen molar-refractivity contribution >= 4 is 12.2 Å². The van der Waals surface area contributed by atoms with Crippen molar-refractivity contribution in [2.45, 2.75) is 19.9 Å². The van der Waals surface area contributed by atoms with Gasteiger partial charge in [-0.15, -0.1) is 0 Å². The number of aliphatic imine (C=N–C) groups is 1. The molecule has 2 amide bonds. The average Bonchev–Trinajstić information content (AvgIpc) is 2.05. The van der Waals surface area contributed by atoms with Crippen LogP contribution >= 0.6 is 0 Å². The van der Waals surface area contributed by atoms with E-state index in [2.05, 4.69) is 10.3 Å². The maximum atomic E-state index is 11.3. The smallest absolute Gasteiger partial charge is 0.323 e. The van der Waals surface area contributed by atoms with Crippen molar-refractivity contribution in [1.29, 1.82) is 0 Å². The predicted octanol–water partition coefficient (Wildman–Crippen LogP) is 0.962. The SMILES string of the molecule is CC(C)NC(=O)N1C=CC=NC1. The van der Waals surface area contributed by atoms with Crippen molar-refractivity contribution in [3.63, 3.8) is 0 Å². The predicted molar refractivity (Wildman–Crippen MR) is 48.0 cm³/mol.